The molecule has 0 aliphatic carbocycles. The van der Waals surface area contributed by atoms with Gasteiger partial charge in [0.2, 0.25) is 0 Å². The molecule has 1 N–H and O–H groups in total. The number of carbonyl (C=O) groups is 1. The first-order valence-electron chi connectivity index (χ1n) is 11.4. The second kappa shape index (κ2) is 9.48. The van der Waals surface area contributed by atoms with Crippen LogP contribution in [0.4, 0.5) is 0 Å². The fourth-order valence-electron chi connectivity index (χ4n) is 4.26. The van der Waals surface area contributed by atoms with E-state index in [0.29, 0.717) is 11.8 Å². The summed E-state index contributed by atoms with van der Waals surface area (Å²) in [4.78, 5) is 14.7. The Morgan fingerprint density at radius 1 is 0.848 bits per heavy atom. The topological polar surface area (TPSA) is 46.5 Å². The third kappa shape index (κ3) is 4.58. The van der Waals surface area contributed by atoms with Crippen LogP contribution >= 0.6 is 11.8 Å². The lowest BCUT2D eigenvalue weighted by molar-refractivity contribution is -0.154. The average Bonchev–Trinajstić information content (AvgIpc) is 2.82. The lowest BCUT2D eigenvalue weighted by atomic mass is 9.81. The van der Waals surface area contributed by atoms with Crippen molar-refractivity contribution in [2.24, 2.45) is 0 Å². The summed E-state index contributed by atoms with van der Waals surface area (Å²) in [6, 6.07) is 25.7. The monoisotopic (exact) mass is 458 g/mol. The normalized spacial score (nSPS) is 15.8. The van der Waals surface area contributed by atoms with Crippen LogP contribution < -0.4 is 0 Å². The van der Waals surface area contributed by atoms with Gasteiger partial charge in [-0.15, -0.1) is 0 Å². The molecule has 3 aromatic rings. The maximum absolute atomic E-state index is 13.4. The highest BCUT2D eigenvalue weighted by Gasteiger charge is 2.45. The smallest absolute Gasteiger partial charge is 0.349 e. The molecule has 0 atom stereocenters. The van der Waals surface area contributed by atoms with Gasteiger partial charge in [-0.05, 0) is 29.0 Å². The van der Waals surface area contributed by atoms with E-state index in [1.54, 1.807) is 0 Å². The molecule has 3 nitrogen and oxygen atoms in total. The van der Waals surface area contributed by atoms with Gasteiger partial charge in [0.1, 0.15) is 10.7 Å². The number of thioether (sulfide) groups is 1. The minimum Gasteiger partial charge on any atom is -0.511 e. The third-order valence-corrected chi connectivity index (χ3v) is 7.33. The molecule has 4 heteroatoms. The Morgan fingerprint density at radius 3 is 1.91 bits per heavy atom. The van der Waals surface area contributed by atoms with Crippen molar-refractivity contribution in [3.05, 3.63) is 112 Å². The first-order chi connectivity index (χ1) is 15.8. The number of ether oxygens (including phenoxy) is 1. The second-order valence-corrected chi connectivity index (χ2v) is 10.2. The zero-order chi connectivity index (χ0) is 23.6. The number of benzene rings is 3. The number of esters is 1. The molecule has 1 aliphatic heterocycles. The van der Waals surface area contributed by atoms with Crippen LogP contribution in [0, 0.1) is 0 Å². The summed E-state index contributed by atoms with van der Waals surface area (Å²) in [7, 11) is 0. The molecule has 0 spiro atoms. The molecule has 33 heavy (non-hydrogen) atoms. The number of aliphatic hydroxyl groups excluding tert-OH is 1. The molecule has 0 saturated heterocycles. The molecule has 1 heterocycles. The molecule has 170 valence electrons. The van der Waals surface area contributed by atoms with E-state index in [9.17, 15) is 9.90 Å². The van der Waals surface area contributed by atoms with Crippen molar-refractivity contribution in [1.29, 1.82) is 0 Å². The maximum atomic E-state index is 13.4. The van der Waals surface area contributed by atoms with E-state index >= 15 is 0 Å². The van der Waals surface area contributed by atoms with Gasteiger partial charge in [0.15, 0.2) is 5.60 Å². The minimum atomic E-state index is -1.06. The SMILES string of the molecule is CC(C)c1ccc(C(C)C)c(SC2=C(O)CC(c3ccccc3)(c3ccccc3)OC2=O)c1. The molecule has 0 radical (unpaired) electrons. The van der Waals surface area contributed by atoms with Gasteiger partial charge in [0.05, 0.1) is 6.42 Å². The molecule has 0 aromatic heterocycles. The van der Waals surface area contributed by atoms with Gasteiger partial charge in [-0.25, -0.2) is 4.79 Å². The number of aliphatic hydroxyl groups is 1. The summed E-state index contributed by atoms with van der Waals surface area (Å²) in [6.45, 7) is 8.58. The summed E-state index contributed by atoms with van der Waals surface area (Å²) < 4.78 is 6.20. The van der Waals surface area contributed by atoms with Gasteiger partial charge in [0, 0.05) is 16.0 Å². The maximum Gasteiger partial charge on any atom is 0.349 e. The van der Waals surface area contributed by atoms with Crippen molar-refractivity contribution in [2.45, 2.75) is 56.4 Å². The minimum absolute atomic E-state index is 0.0635. The molecule has 0 unspecified atom stereocenters. The molecule has 0 fully saturated rings. The Balaban J connectivity index is 1.78. The molecule has 4 rings (SSSR count). The average molecular weight is 459 g/mol. The molecule has 3 aromatic carbocycles. The van der Waals surface area contributed by atoms with Crippen LogP contribution in [0.15, 0.2) is 94.4 Å². The Bertz CT molecular complexity index is 1120. The van der Waals surface area contributed by atoms with Gasteiger partial charge in [0.25, 0.3) is 0 Å². The highest BCUT2D eigenvalue weighted by Crippen LogP contribution is 2.47. The highest BCUT2D eigenvalue weighted by atomic mass is 32.2. The zero-order valence-corrected chi connectivity index (χ0v) is 20.4. The quantitative estimate of drug-likeness (QED) is 0.385. The summed E-state index contributed by atoms with van der Waals surface area (Å²) in [5, 5.41) is 11.2. The van der Waals surface area contributed by atoms with Gasteiger partial charge in [-0.3, -0.25) is 0 Å². The Morgan fingerprint density at radius 2 is 1.42 bits per heavy atom. The van der Waals surface area contributed by atoms with Crippen molar-refractivity contribution >= 4 is 17.7 Å². The lowest BCUT2D eigenvalue weighted by Crippen LogP contribution is -2.38. The second-order valence-electron chi connectivity index (χ2n) is 9.11. The van der Waals surface area contributed by atoms with Crippen LogP contribution in [-0.4, -0.2) is 11.1 Å². The number of cyclic esters (lactones) is 1. The van der Waals surface area contributed by atoms with Crippen LogP contribution in [-0.2, 0) is 15.1 Å². The summed E-state index contributed by atoms with van der Waals surface area (Å²) in [5.74, 6) is 0.230. The Hall–Kier alpha value is -2.98. The van der Waals surface area contributed by atoms with Crippen molar-refractivity contribution in [3.8, 4) is 0 Å². The van der Waals surface area contributed by atoms with Gasteiger partial charge < -0.3 is 9.84 Å². The lowest BCUT2D eigenvalue weighted by Gasteiger charge is -2.38. The van der Waals surface area contributed by atoms with Crippen molar-refractivity contribution in [1.82, 2.24) is 0 Å². The van der Waals surface area contributed by atoms with Crippen LogP contribution in [0.1, 0.15) is 68.2 Å². The summed E-state index contributed by atoms with van der Waals surface area (Å²) in [6.07, 6.45) is 0.190. The number of hydrogen-bond donors (Lipinski definition) is 1. The van der Waals surface area contributed by atoms with E-state index in [2.05, 4.69) is 45.9 Å². The van der Waals surface area contributed by atoms with Crippen LogP contribution in [0.2, 0.25) is 0 Å². The molecule has 1 aliphatic rings. The first-order valence-corrected chi connectivity index (χ1v) is 12.2. The van der Waals surface area contributed by atoms with Crippen LogP contribution in [0.3, 0.4) is 0 Å². The third-order valence-electron chi connectivity index (χ3n) is 6.15. The van der Waals surface area contributed by atoms with Crippen molar-refractivity contribution in [2.75, 3.05) is 0 Å². The van der Waals surface area contributed by atoms with Crippen LogP contribution in [0.25, 0.3) is 0 Å². The van der Waals surface area contributed by atoms with Gasteiger partial charge in [-0.1, -0.05) is 112 Å². The molecular weight excluding hydrogens is 428 g/mol. The molecular formula is C29H30O3S. The van der Waals surface area contributed by atoms with Crippen LogP contribution in [0.5, 0.6) is 0 Å². The Labute approximate surface area is 200 Å². The fourth-order valence-corrected chi connectivity index (χ4v) is 5.42. The molecule has 0 bridgehead atoms. The summed E-state index contributed by atoms with van der Waals surface area (Å²) >= 11 is 1.31. The van der Waals surface area contributed by atoms with E-state index in [1.165, 1.54) is 17.3 Å². The molecule has 0 saturated carbocycles. The number of hydrogen-bond acceptors (Lipinski definition) is 4. The Kier molecular flexibility index (Phi) is 6.66. The number of carbonyl (C=O) groups excluding carboxylic acids is 1. The highest BCUT2D eigenvalue weighted by molar-refractivity contribution is 8.04. The van der Waals surface area contributed by atoms with E-state index < -0.39 is 11.6 Å². The van der Waals surface area contributed by atoms with Crippen molar-refractivity contribution < 1.29 is 14.6 Å². The van der Waals surface area contributed by atoms with E-state index in [1.807, 2.05) is 60.7 Å². The predicted molar refractivity (Wildman–Crippen MR) is 135 cm³/mol. The number of rotatable bonds is 6. The standard InChI is InChI=1S/C29H30O3S/c1-19(2)21-15-16-24(20(3)4)26(17-21)33-27-25(30)18-29(32-28(27)31,22-11-7-5-8-12-22)23-13-9-6-10-14-23/h5-17,19-20,30H,18H2,1-4H3. The van der Waals surface area contributed by atoms with E-state index in [4.69, 9.17) is 4.74 Å². The van der Waals surface area contributed by atoms with Gasteiger partial charge in [-0.2, -0.15) is 0 Å². The van der Waals surface area contributed by atoms with Crippen molar-refractivity contribution in [3.63, 3.8) is 0 Å². The fraction of sp³-hybridized carbons (Fsp3) is 0.276. The molecule has 0 amide bonds. The predicted octanol–water partition coefficient (Wildman–Crippen LogP) is 7.69. The van der Waals surface area contributed by atoms with E-state index in [0.717, 1.165) is 21.6 Å². The largest absolute Gasteiger partial charge is 0.511 e. The van der Waals surface area contributed by atoms with E-state index in [-0.39, 0.29) is 17.1 Å². The first kappa shape index (κ1) is 23.2. The summed E-state index contributed by atoms with van der Waals surface area (Å²) in [5.41, 5.74) is 2.97. The van der Waals surface area contributed by atoms with Gasteiger partial charge >= 0.3 is 5.97 Å². The zero-order valence-electron chi connectivity index (χ0n) is 19.5.